The molecule has 0 aliphatic heterocycles. The Hall–Kier alpha value is -6.52. The van der Waals surface area contributed by atoms with Crippen molar-refractivity contribution in [3.05, 3.63) is 158 Å². The first-order valence-corrected chi connectivity index (χ1v) is 16.3. The number of aromatic amines is 4. The van der Waals surface area contributed by atoms with Gasteiger partial charge in [0.2, 0.25) is 0 Å². The van der Waals surface area contributed by atoms with E-state index in [2.05, 4.69) is 172 Å². The van der Waals surface area contributed by atoms with Crippen LogP contribution in [0.5, 0.6) is 0 Å². The summed E-state index contributed by atoms with van der Waals surface area (Å²) < 4.78 is 0. The molecule has 226 valence electrons. The molecule has 48 heavy (non-hydrogen) atoms. The first kappa shape index (κ1) is 26.7. The third kappa shape index (κ3) is 4.46. The van der Waals surface area contributed by atoms with Crippen LogP contribution in [0, 0.1) is 0 Å². The molecule has 0 fully saturated rings. The lowest BCUT2D eigenvalue weighted by molar-refractivity contribution is 1.44. The summed E-state index contributed by atoms with van der Waals surface area (Å²) in [6.45, 7) is 0. The van der Waals surface area contributed by atoms with E-state index >= 15 is 0 Å². The number of rotatable bonds is 5. The van der Waals surface area contributed by atoms with Crippen LogP contribution in [0.3, 0.4) is 0 Å². The highest BCUT2D eigenvalue weighted by Crippen LogP contribution is 2.35. The highest BCUT2D eigenvalue weighted by Gasteiger charge is 2.12. The molecule has 0 radical (unpaired) electrons. The van der Waals surface area contributed by atoms with Gasteiger partial charge in [0.25, 0.3) is 0 Å². The van der Waals surface area contributed by atoms with Crippen LogP contribution in [0.4, 0.5) is 0 Å². The van der Waals surface area contributed by atoms with Crippen LogP contribution in [-0.2, 0) is 0 Å². The predicted octanol–water partition coefficient (Wildman–Crippen LogP) is 11.9. The second-order valence-electron chi connectivity index (χ2n) is 12.6. The van der Waals surface area contributed by atoms with E-state index in [0.29, 0.717) is 0 Å². The minimum absolute atomic E-state index is 1.11. The second-order valence-corrected chi connectivity index (χ2v) is 12.6. The molecule has 0 aliphatic carbocycles. The third-order valence-electron chi connectivity index (χ3n) is 9.63. The highest BCUT2D eigenvalue weighted by atomic mass is 14.8. The maximum Gasteiger partial charge on any atom is 0.0554 e. The zero-order valence-corrected chi connectivity index (χ0v) is 26.0. The molecule has 4 heteroatoms. The fraction of sp³-hybridized carbons (Fsp3) is 0. The van der Waals surface area contributed by atoms with Crippen LogP contribution in [0.2, 0.25) is 0 Å². The Labute approximate surface area is 276 Å². The van der Waals surface area contributed by atoms with Gasteiger partial charge in [-0.25, -0.2) is 0 Å². The summed E-state index contributed by atoms with van der Waals surface area (Å²) in [4.78, 5) is 14.6. The van der Waals surface area contributed by atoms with Gasteiger partial charge in [-0.3, -0.25) is 0 Å². The molecule has 0 spiro atoms. The molecule has 4 N–H and O–H groups in total. The van der Waals surface area contributed by atoms with Crippen LogP contribution in [0.15, 0.2) is 158 Å². The SMILES string of the molecule is c1ccc(-c2cc3cc4[nH]c(-c5ccc(-c6cccc(-c7cc8c(ccc9cc(-c%10ccccc%10)[nH]c98)[nH]7)c6)cc5)cc4cc3[nH]2)cc1. The van der Waals surface area contributed by atoms with Crippen molar-refractivity contribution in [3.63, 3.8) is 0 Å². The fourth-order valence-corrected chi connectivity index (χ4v) is 7.13. The smallest absolute Gasteiger partial charge is 0.0554 e. The van der Waals surface area contributed by atoms with E-state index in [-0.39, 0.29) is 0 Å². The largest absolute Gasteiger partial charge is 0.355 e. The van der Waals surface area contributed by atoms with Gasteiger partial charge >= 0.3 is 0 Å². The number of fused-ring (bicyclic) bond motifs is 5. The van der Waals surface area contributed by atoms with Crippen molar-refractivity contribution >= 4 is 43.6 Å². The molecule has 6 aromatic carbocycles. The van der Waals surface area contributed by atoms with Gasteiger partial charge in [0, 0.05) is 60.9 Å². The summed E-state index contributed by atoms with van der Waals surface area (Å²) >= 11 is 0. The summed E-state index contributed by atoms with van der Waals surface area (Å²) in [6.07, 6.45) is 0. The van der Waals surface area contributed by atoms with E-state index in [1.165, 1.54) is 49.4 Å². The molecule has 10 rings (SSSR count). The lowest BCUT2D eigenvalue weighted by Gasteiger charge is -2.06. The maximum absolute atomic E-state index is 3.67. The number of H-pyrrole nitrogens is 4. The number of hydrogen-bond donors (Lipinski definition) is 4. The third-order valence-corrected chi connectivity index (χ3v) is 9.63. The Kier molecular flexibility index (Phi) is 5.84. The lowest BCUT2D eigenvalue weighted by Crippen LogP contribution is -1.83. The summed E-state index contributed by atoms with van der Waals surface area (Å²) in [5, 5.41) is 4.81. The van der Waals surface area contributed by atoms with Gasteiger partial charge < -0.3 is 19.9 Å². The topological polar surface area (TPSA) is 63.2 Å². The summed E-state index contributed by atoms with van der Waals surface area (Å²) in [7, 11) is 0. The van der Waals surface area contributed by atoms with Gasteiger partial charge in [-0.05, 0) is 81.9 Å². The van der Waals surface area contributed by atoms with Gasteiger partial charge in [-0.2, -0.15) is 0 Å². The second kappa shape index (κ2) is 10.5. The minimum atomic E-state index is 1.11. The highest BCUT2D eigenvalue weighted by molar-refractivity contribution is 6.08. The molecule has 0 bridgehead atoms. The zero-order valence-electron chi connectivity index (χ0n) is 26.0. The molecule has 4 aromatic heterocycles. The average molecular weight is 615 g/mol. The summed E-state index contributed by atoms with van der Waals surface area (Å²) in [5.74, 6) is 0. The summed E-state index contributed by atoms with van der Waals surface area (Å²) in [6, 6.07) is 56.4. The molecular formula is C44H30N4. The quantitative estimate of drug-likeness (QED) is 0.149. The molecule has 0 atom stereocenters. The van der Waals surface area contributed by atoms with Gasteiger partial charge in [0.1, 0.15) is 0 Å². The molecule has 0 aliphatic rings. The number of aromatic nitrogens is 4. The van der Waals surface area contributed by atoms with Crippen LogP contribution >= 0.6 is 0 Å². The molecule has 4 nitrogen and oxygen atoms in total. The first-order chi connectivity index (χ1) is 23.7. The van der Waals surface area contributed by atoms with E-state index in [0.717, 1.165) is 50.4 Å². The van der Waals surface area contributed by atoms with Gasteiger partial charge in [0.05, 0.1) is 5.52 Å². The number of hydrogen-bond acceptors (Lipinski definition) is 0. The zero-order chi connectivity index (χ0) is 31.6. The van der Waals surface area contributed by atoms with Gasteiger partial charge in [-0.15, -0.1) is 0 Å². The molecular weight excluding hydrogens is 585 g/mol. The molecule has 10 aromatic rings. The van der Waals surface area contributed by atoms with Gasteiger partial charge in [0.15, 0.2) is 0 Å². The number of nitrogens with one attached hydrogen (secondary N) is 4. The van der Waals surface area contributed by atoms with Crippen molar-refractivity contribution in [1.29, 1.82) is 0 Å². The molecule has 4 heterocycles. The van der Waals surface area contributed by atoms with E-state index in [1.54, 1.807) is 0 Å². The Bertz CT molecular complexity index is 2700. The lowest BCUT2D eigenvalue weighted by atomic mass is 10.00. The predicted molar refractivity (Wildman–Crippen MR) is 201 cm³/mol. The van der Waals surface area contributed by atoms with Crippen molar-refractivity contribution < 1.29 is 0 Å². The van der Waals surface area contributed by atoms with E-state index in [9.17, 15) is 0 Å². The Morgan fingerprint density at radius 1 is 0.271 bits per heavy atom. The summed E-state index contributed by atoms with van der Waals surface area (Å²) in [5.41, 5.74) is 16.2. The van der Waals surface area contributed by atoms with Crippen molar-refractivity contribution in [2.45, 2.75) is 0 Å². The molecule has 0 amide bonds. The van der Waals surface area contributed by atoms with Crippen molar-refractivity contribution in [2.75, 3.05) is 0 Å². The minimum Gasteiger partial charge on any atom is -0.355 e. The van der Waals surface area contributed by atoms with Gasteiger partial charge in [-0.1, -0.05) is 109 Å². The number of benzene rings is 6. The monoisotopic (exact) mass is 614 g/mol. The molecule has 0 unspecified atom stereocenters. The fourth-order valence-electron chi connectivity index (χ4n) is 7.13. The Morgan fingerprint density at radius 3 is 1.44 bits per heavy atom. The molecule has 0 saturated carbocycles. The van der Waals surface area contributed by atoms with Crippen LogP contribution in [-0.4, -0.2) is 19.9 Å². The maximum atomic E-state index is 3.67. The standard InChI is InChI=1S/C44H30N4/c1-3-8-28(9-4-1)38-22-34-24-42-35(25-41(34)46-38)23-39(47-42)30-16-14-27(15-17-30)31-12-7-13-32(20-31)43-26-36-37(45-43)19-18-33-21-40(48-44(33)36)29-10-5-2-6-11-29/h1-26,45-48H. The van der Waals surface area contributed by atoms with Crippen molar-refractivity contribution in [1.82, 2.24) is 19.9 Å². The van der Waals surface area contributed by atoms with Crippen molar-refractivity contribution in [3.8, 4) is 56.2 Å². The Balaban J connectivity index is 0.941. The van der Waals surface area contributed by atoms with Crippen LogP contribution in [0.25, 0.3) is 99.8 Å². The first-order valence-electron chi connectivity index (χ1n) is 16.3. The van der Waals surface area contributed by atoms with E-state index < -0.39 is 0 Å². The van der Waals surface area contributed by atoms with Crippen LogP contribution in [0.1, 0.15) is 0 Å². The molecule has 0 saturated heterocycles. The average Bonchev–Trinajstić information content (AvgIpc) is 3.95. The van der Waals surface area contributed by atoms with E-state index in [1.807, 2.05) is 6.07 Å². The normalized spacial score (nSPS) is 11.8. The Morgan fingerprint density at radius 2 is 0.771 bits per heavy atom. The van der Waals surface area contributed by atoms with E-state index in [4.69, 9.17) is 0 Å². The van der Waals surface area contributed by atoms with Crippen LogP contribution < -0.4 is 0 Å². The van der Waals surface area contributed by atoms with Crippen molar-refractivity contribution in [2.24, 2.45) is 0 Å².